The van der Waals surface area contributed by atoms with Crippen LogP contribution in [0.4, 0.5) is 16.2 Å². The van der Waals surface area contributed by atoms with Gasteiger partial charge in [0.2, 0.25) is 0 Å². The van der Waals surface area contributed by atoms with E-state index in [9.17, 15) is 9.90 Å². The van der Waals surface area contributed by atoms with Crippen LogP contribution in [0.5, 0.6) is 0 Å². The normalized spacial score (nSPS) is 24.0. The molecule has 2 unspecified atom stereocenters. The second-order valence-electron chi connectivity index (χ2n) is 7.13. The van der Waals surface area contributed by atoms with Crippen molar-refractivity contribution in [3.05, 3.63) is 23.8 Å². The summed E-state index contributed by atoms with van der Waals surface area (Å²) in [5, 5.41) is 15.5. The van der Waals surface area contributed by atoms with E-state index in [0.717, 1.165) is 50.0 Å². The first kappa shape index (κ1) is 17.1. The van der Waals surface area contributed by atoms with Crippen molar-refractivity contribution in [3.63, 3.8) is 0 Å². The molecule has 2 atom stereocenters. The van der Waals surface area contributed by atoms with E-state index in [1.54, 1.807) is 0 Å². The minimum absolute atomic E-state index is 0.0768. The topological polar surface area (TPSA) is 64.6 Å². The number of rotatable bonds is 4. The number of hydrogen-bond donors (Lipinski definition) is 3. The largest absolute Gasteiger partial charge is 0.396 e. The van der Waals surface area contributed by atoms with Crippen molar-refractivity contribution < 1.29 is 9.90 Å². The van der Waals surface area contributed by atoms with Crippen molar-refractivity contribution in [2.45, 2.75) is 51.5 Å². The molecule has 0 aromatic heterocycles. The molecule has 0 spiro atoms. The van der Waals surface area contributed by atoms with E-state index in [2.05, 4.69) is 27.7 Å². The van der Waals surface area contributed by atoms with Gasteiger partial charge in [-0.25, -0.2) is 4.79 Å². The van der Waals surface area contributed by atoms with Gasteiger partial charge in [0.05, 0.1) is 0 Å². The van der Waals surface area contributed by atoms with E-state index in [1.165, 1.54) is 18.5 Å². The van der Waals surface area contributed by atoms with E-state index in [-0.39, 0.29) is 24.6 Å². The van der Waals surface area contributed by atoms with Gasteiger partial charge >= 0.3 is 6.03 Å². The number of urea groups is 1. The van der Waals surface area contributed by atoms with E-state index in [0.29, 0.717) is 0 Å². The van der Waals surface area contributed by atoms with E-state index >= 15 is 0 Å². The predicted molar refractivity (Wildman–Crippen MR) is 97.6 cm³/mol. The lowest BCUT2D eigenvalue weighted by molar-refractivity contribution is 0.156. The maximum absolute atomic E-state index is 12.3. The standard InChI is InChI=1S/C19H29N3O2/c1-14-12-16(22-10-4-5-11-22)8-9-17(14)20-19(24)21-18-7-3-2-6-15(18)13-23/h8-9,12,15,18,23H,2-7,10-11,13H2,1H3,(H2,20,21,24). The molecule has 1 heterocycles. The molecule has 1 aromatic carbocycles. The van der Waals surface area contributed by atoms with Gasteiger partial charge in [-0.2, -0.15) is 0 Å². The second kappa shape index (κ2) is 7.88. The van der Waals surface area contributed by atoms with Gasteiger partial charge in [-0.15, -0.1) is 0 Å². The van der Waals surface area contributed by atoms with Crippen LogP contribution in [-0.2, 0) is 0 Å². The molecule has 1 saturated heterocycles. The Morgan fingerprint density at radius 3 is 2.67 bits per heavy atom. The molecule has 5 heteroatoms. The third-order valence-electron chi connectivity index (χ3n) is 5.39. The molecule has 24 heavy (non-hydrogen) atoms. The number of nitrogens with one attached hydrogen (secondary N) is 2. The summed E-state index contributed by atoms with van der Waals surface area (Å²) < 4.78 is 0. The van der Waals surface area contributed by atoms with Crippen LogP contribution in [0.1, 0.15) is 44.1 Å². The van der Waals surface area contributed by atoms with Crippen LogP contribution in [0.2, 0.25) is 0 Å². The number of hydrogen-bond acceptors (Lipinski definition) is 3. The number of benzene rings is 1. The monoisotopic (exact) mass is 331 g/mol. The summed E-state index contributed by atoms with van der Waals surface area (Å²) in [5.74, 6) is 0.183. The molecule has 1 aromatic rings. The molecule has 0 radical (unpaired) electrons. The molecule has 1 aliphatic heterocycles. The summed E-state index contributed by atoms with van der Waals surface area (Å²) in [6, 6.07) is 6.14. The Morgan fingerprint density at radius 1 is 1.21 bits per heavy atom. The van der Waals surface area contributed by atoms with Gasteiger partial charge in [-0.05, 0) is 56.4 Å². The van der Waals surface area contributed by atoms with Crippen LogP contribution < -0.4 is 15.5 Å². The highest BCUT2D eigenvalue weighted by Crippen LogP contribution is 2.26. The van der Waals surface area contributed by atoms with Gasteiger partial charge in [0.15, 0.2) is 0 Å². The molecule has 1 saturated carbocycles. The molecule has 3 N–H and O–H groups in total. The molecule has 3 rings (SSSR count). The molecule has 2 amide bonds. The highest BCUT2D eigenvalue weighted by molar-refractivity contribution is 5.90. The van der Waals surface area contributed by atoms with Gasteiger partial charge in [-0.1, -0.05) is 12.8 Å². The SMILES string of the molecule is Cc1cc(N2CCCC2)ccc1NC(=O)NC1CCCCC1CO. The maximum atomic E-state index is 12.3. The lowest BCUT2D eigenvalue weighted by Crippen LogP contribution is -2.45. The minimum Gasteiger partial charge on any atom is -0.396 e. The molecule has 132 valence electrons. The zero-order valence-electron chi connectivity index (χ0n) is 14.6. The Hall–Kier alpha value is -1.75. The number of aryl methyl sites for hydroxylation is 1. The summed E-state index contributed by atoms with van der Waals surface area (Å²) in [6.07, 6.45) is 6.72. The highest BCUT2D eigenvalue weighted by Gasteiger charge is 2.26. The summed E-state index contributed by atoms with van der Waals surface area (Å²) in [5.41, 5.74) is 3.17. The Kier molecular flexibility index (Phi) is 5.61. The quantitative estimate of drug-likeness (QED) is 0.793. The Bertz CT molecular complexity index is 570. The van der Waals surface area contributed by atoms with Crippen molar-refractivity contribution >= 4 is 17.4 Å². The van der Waals surface area contributed by atoms with Crippen LogP contribution in [0, 0.1) is 12.8 Å². The lowest BCUT2D eigenvalue weighted by Gasteiger charge is -2.31. The van der Waals surface area contributed by atoms with Crippen LogP contribution in [0.25, 0.3) is 0 Å². The number of amides is 2. The third kappa shape index (κ3) is 4.01. The van der Waals surface area contributed by atoms with E-state index in [1.807, 2.05) is 13.0 Å². The van der Waals surface area contributed by atoms with Crippen molar-refractivity contribution in [1.29, 1.82) is 0 Å². The summed E-state index contributed by atoms with van der Waals surface area (Å²) in [4.78, 5) is 14.7. The maximum Gasteiger partial charge on any atom is 0.319 e. The number of aliphatic hydroxyl groups is 1. The van der Waals surface area contributed by atoms with Gasteiger partial charge in [0, 0.05) is 43.0 Å². The zero-order chi connectivity index (χ0) is 16.9. The number of carbonyl (C=O) groups is 1. The van der Waals surface area contributed by atoms with Crippen molar-refractivity contribution in [3.8, 4) is 0 Å². The number of anilines is 2. The van der Waals surface area contributed by atoms with Gasteiger partial charge in [-0.3, -0.25) is 0 Å². The van der Waals surface area contributed by atoms with Gasteiger partial charge in [0.25, 0.3) is 0 Å². The smallest absolute Gasteiger partial charge is 0.319 e. The Labute approximate surface area is 144 Å². The number of nitrogens with zero attached hydrogens (tertiary/aromatic N) is 1. The fourth-order valence-electron chi connectivity index (χ4n) is 3.90. The van der Waals surface area contributed by atoms with E-state index < -0.39 is 0 Å². The van der Waals surface area contributed by atoms with Crippen molar-refractivity contribution in [1.82, 2.24) is 5.32 Å². The number of aliphatic hydroxyl groups excluding tert-OH is 1. The zero-order valence-corrected chi connectivity index (χ0v) is 14.6. The predicted octanol–water partition coefficient (Wildman–Crippen LogP) is 3.27. The van der Waals surface area contributed by atoms with E-state index in [4.69, 9.17) is 0 Å². The van der Waals surface area contributed by atoms with Crippen molar-refractivity contribution in [2.24, 2.45) is 5.92 Å². The molecule has 5 nitrogen and oxygen atoms in total. The first-order valence-electron chi connectivity index (χ1n) is 9.21. The Morgan fingerprint density at radius 2 is 1.96 bits per heavy atom. The van der Waals surface area contributed by atoms with Crippen LogP contribution >= 0.6 is 0 Å². The molecular formula is C19H29N3O2. The summed E-state index contributed by atoms with van der Waals surface area (Å²) in [7, 11) is 0. The van der Waals surface area contributed by atoms with Crippen LogP contribution in [-0.4, -0.2) is 36.9 Å². The first-order valence-corrected chi connectivity index (χ1v) is 9.21. The minimum atomic E-state index is -0.169. The highest BCUT2D eigenvalue weighted by atomic mass is 16.3. The fraction of sp³-hybridized carbons (Fsp3) is 0.632. The lowest BCUT2D eigenvalue weighted by atomic mass is 9.85. The van der Waals surface area contributed by atoms with Crippen LogP contribution in [0.15, 0.2) is 18.2 Å². The fourth-order valence-corrected chi connectivity index (χ4v) is 3.90. The second-order valence-corrected chi connectivity index (χ2v) is 7.13. The Balaban J connectivity index is 1.59. The number of carbonyl (C=O) groups excluding carboxylic acids is 1. The van der Waals surface area contributed by atoms with Gasteiger partial charge < -0.3 is 20.6 Å². The molecule has 2 aliphatic rings. The third-order valence-corrected chi connectivity index (χ3v) is 5.39. The van der Waals surface area contributed by atoms with Gasteiger partial charge in [0.1, 0.15) is 0 Å². The average molecular weight is 331 g/mol. The molecule has 0 bridgehead atoms. The molecule has 2 fully saturated rings. The molecule has 1 aliphatic carbocycles. The molecular weight excluding hydrogens is 302 g/mol. The average Bonchev–Trinajstić information content (AvgIpc) is 3.12. The summed E-state index contributed by atoms with van der Waals surface area (Å²) in [6.45, 7) is 4.43. The first-order chi connectivity index (χ1) is 11.7. The van der Waals surface area contributed by atoms with Crippen LogP contribution in [0.3, 0.4) is 0 Å². The summed E-state index contributed by atoms with van der Waals surface area (Å²) >= 11 is 0. The van der Waals surface area contributed by atoms with Crippen molar-refractivity contribution in [2.75, 3.05) is 29.9 Å².